The molecular weight excluding hydrogens is 547 g/mol. The Hall–Kier alpha value is -4.49. The highest BCUT2D eigenvalue weighted by molar-refractivity contribution is 8.00. The molecular formula is C25H22ClFN8O3S. The van der Waals surface area contributed by atoms with E-state index in [9.17, 15) is 14.3 Å². The number of hydrogen-bond acceptors (Lipinski definition) is 10. The number of halogens is 2. The number of anilines is 3. The molecule has 0 spiro atoms. The molecule has 14 heteroatoms. The molecule has 1 amide bonds. The molecule has 0 aliphatic rings. The van der Waals surface area contributed by atoms with E-state index in [1.807, 2.05) is 6.07 Å². The van der Waals surface area contributed by atoms with Gasteiger partial charge >= 0.3 is 0 Å². The van der Waals surface area contributed by atoms with Gasteiger partial charge in [-0.25, -0.2) is 4.39 Å². The summed E-state index contributed by atoms with van der Waals surface area (Å²) in [7, 11) is 0. The standard InChI is InChI=1S/C25H22ClFN8O3S/c26-16-11-14(10-15(22(16)36)23(29)37)39-34-18-6-5-13(9-17(18)27)3-1-7-30-21-12-20(28)35-25(31-21)32-24(33-35)19-4-2-8-38-19/h2,4-6,8-12,34,36H,1,3,7,28H2,(H2,29,37)(H,30,31,32,33). The van der Waals surface area contributed by atoms with Crippen LogP contribution < -0.4 is 21.5 Å². The first-order valence-corrected chi connectivity index (χ1v) is 12.8. The fraction of sp³-hybridized carbons (Fsp3) is 0.120. The van der Waals surface area contributed by atoms with E-state index in [4.69, 9.17) is 27.5 Å². The van der Waals surface area contributed by atoms with Gasteiger partial charge in [-0.15, -0.1) is 5.10 Å². The Labute approximate surface area is 230 Å². The van der Waals surface area contributed by atoms with E-state index in [0.717, 1.165) is 17.5 Å². The third-order valence-corrected chi connectivity index (χ3v) is 6.73. The van der Waals surface area contributed by atoms with E-state index < -0.39 is 17.5 Å². The zero-order valence-corrected chi connectivity index (χ0v) is 21.8. The fourth-order valence-corrected chi connectivity index (χ4v) is 4.76. The summed E-state index contributed by atoms with van der Waals surface area (Å²) in [4.78, 5) is 20.8. The Morgan fingerprint density at radius 2 is 2.05 bits per heavy atom. The third-order valence-electron chi connectivity index (χ3n) is 5.64. The van der Waals surface area contributed by atoms with Gasteiger partial charge in [-0.05, 0) is 66.8 Å². The minimum absolute atomic E-state index is 0.0297. The molecule has 3 heterocycles. The van der Waals surface area contributed by atoms with Gasteiger partial charge in [0.1, 0.15) is 23.2 Å². The Kier molecular flexibility index (Phi) is 7.43. The van der Waals surface area contributed by atoms with Gasteiger partial charge in [0, 0.05) is 17.5 Å². The van der Waals surface area contributed by atoms with Crippen molar-refractivity contribution in [1.82, 2.24) is 19.6 Å². The van der Waals surface area contributed by atoms with Gasteiger partial charge in [-0.1, -0.05) is 17.7 Å². The molecule has 11 nitrogen and oxygen atoms in total. The van der Waals surface area contributed by atoms with Crippen molar-refractivity contribution in [3.63, 3.8) is 0 Å². The quantitative estimate of drug-likeness (QED) is 0.117. The average molecular weight is 569 g/mol. The van der Waals surface area contributed by atoms with Crippen LogP contribution in [0.3, 0.4) is 0 Å². The van der Waals surface area contributed by atoms with E-state index in [0.29, 0.717) is 53.3 Å². The number of furan rings is 1. The number of aromatic nitrogens is 4. The second-order valence-corrected chi connectivity index (χ2v) is 9.69. The summed E-state index contributed by atoms with van der Waals surface area (Å²) in [6, 6.07) is 12.9. The van der Waals surface area contributed by atoms with Gasteiger partial charge in [0.25, 0.3) is 11.7 Å². The molecule has 0 bridgehead atoms. The van der Waals surface area contributed by atoms with Crippen LogP contribution in [0.25, 0.3) is 17.4 Å². The number of nitrogens with two attached hydrogens (primary N) is 2. The molecule has 5 rings (SSSR count). The predicted octanol–water partition coefficient (Wildman–Crippen LogP) is 4.73. The predicted molar refractivity (Wildman–Crippen MR) is 147 cm³/mol. The zero-order chi connectivity index (χ0) is 27.5. The summed E-state index contributed by atoms with van der Waals surface area (Å²) >= 11 is 6.98. The van der Waals surface area contributed by atoms with Crippen LogP contribution in [0.2, 0.25) is 5.02 Å². The van der Waals surface area contributed by atoms with E-state index >= 15 is 0 Å². The first kappa shape index (κ1) is 26.1. The monoisotopic (exact) mass is 568 g/mol. The van der Waals surface area contributed by atoms with Crippen LogP contribution in [-0.2, 0) is 6.42 Å². The number of nitrogens with zero attached hydrogens (tertiary/aromatic N) is 4. The lowest BCUT2D eigenvalue weighted by Crippen LogP contribution is -2.11. The molecule has 0 aliphatic carbocycles. The largest absolute Gasteiger partial charge is 0.506 e. The highest BCUT2D eigenvalue weighted by Crippen LogP contribution is 2.34. The Bertz CT molecular complexity index is 1660. The van der Waals surface area contributed by atoms with Crippen molar-refractivity contribution in [2.45, 2.75) is 17.7 Å². The Morgan fingerprint density at radius 3 is 2.79 bits per heavy atom. The Balaban J connectivity index is 1.15. The zero-order valence-electron chi connectivity index (χ0n) is 20.2. The molecule has 7 N–H and O–H groups in total. The molecule has 0 fully saturated rings. The van der Waals surface area contributed by atoms with Crippen LogP contribution in [-0.4, -0.2) is 37.1 Å². The number of carbonyl (C=O) groups excluding carboxylic acids is 1. The smallest absolute Gasteiger partial charge is 0.256 e. The van der Waals surface area contributed by atoms with Gasteiger partial charge < -0.3 is 31.0 Å². The van der Waals surface area contributed by atoms with Crippen LogP contribution in [0.4, 0.5) is 21.7 Å². The van der Waals surface area contributed by atoms with Crippen molar-refractivity contribution < 1.29 is 18.7 Å². The minimum atomic E-state index is -0.820. The lowest BCUT2D eigenvalue weighted by atomic mass is 10.1. The Morgan fingerprint density at radius 1 is 1.21 bits per heavy atom. The van der Waals surface area contributed by atoms with Gasteiger partial charge in [0.15, 0.2) is 5.76 Å². The molecule has 0 atom stereocenters. The summed E-state index contributed by atoms with van der Waals surface area (Å²) in [5.74, 6) is 0.515. The number of carbonyl (C=O) groups is 1. The molecule has 0 aliphatic heterocycles. The van der Waals surface area contributed by atoms with E-state index in [2.05, 4.69) is 25.1 Å². The second kappa shape index (κ2) is 11.1. The summed E-state index contributed by atoms with van der Waals surface area (Å²) in [5, 5.41) is 17.3. The number of aryl methyl sites for hydroxylation is 1. The topological polar surface area (TPSA) is 170 Å². The highest BCUT2D eigenvalue weighted by atomic mass is 35.5. The first-order chi connectivity index (χ1) is 18.8. The van der Waals surface area contributed by atoms with Gasteiger partial charge in [-0.2, -0.15) is 14.5 Å². The molecule has 3 aromatic heterocycles. The maximum atomic E-state index is 14.7. The van der Waals surface area contributed by atoms with Crippen molar-refractivity contribution >= 4 is 52.6 Å². The summed E-state index contributed by atoms with van der Waals surface area (Å²) in [6.45, 7) is 0.572. The number of rotatable bonds is 10. The fourth-order valence-electron chi connectivity index (χ4n) is 3.73. The van der Waals surface area contributed by atoms with Crippen LogP contribution in [0, 0.1) is 5.82 Å². The molecule has 5 aromatic rings. The average Bonchev–Trinajstić information content (AvgIpc) is 3.58. The number of phenols is 1. The SMILES string of the molecule is NC(=O)c1cc(SNc2ccc(CCCNc3cc(N)n4nc(-c5ccco5)nc4n3)cc2F)cc(Cl)c1O. The van der Waals surface area contributed by atoms with Crippen molar-refractivity contribution in [3.8, 4) is 17.3 Å². The number of aromatic hydroxyl groups is 1. The number of benzene rings is 2. The summed E-state index contributed by atoms with van der Waals surface area (Å²) in [5.41, 5.74) is 12.3. The first-order valence-electron chi connectivity index (χ1n) is 11.6. The molecule has 0 radical (unpaired) electrons. The van der Waals surface area contributed by atoms with Gasteiger partial charge in [-0.3, -0.25) is 4.79 Å². The van der Waals surface area contributed by atoms with Gasteiger partial charge in [0.05, 0.1) is 22.5 Å². The normalized spacial score (nSPS) is 11.1. The van der Waals surface area contributed by atoms with Crippen molar-refractivity contribution in [2.75, 3.05) is 22.3 Å². The minimum Gasteiger partial charge on any atom is -0.506 e. The van der Waals surface area contributed by atoms with Crippen LogP contribution in [0.15, 0.2) is 64.1 Å². The highest BCUT2D eigenvalue weighted by Gasteiger charge is 2.15. The molecule has 0 saturated carbocycles. The molecule has 0 saturated heterocycles. The van der Waals surface area contributed by atoms with Crippen LogP contribution in [0.1, 0.15) is 22.3 Å². The van der Waals surface area contributed by atoms with E-state index in [1.54, 1.807) is 24.3 Å². The molecule has 0 unspecified atom stereocenters. The maximum absolute atomic E-state index is 14.7. The molecule has 39 heavy (non-hydrogen) atoms. The number of fused-ring (bicyclic) bond motifs is 1. The molecule has 200 valence electrons. The lowest BCUT2D eigenvalue weighted by Gasteiger charge is -2.11. The lowest BCUT2D eigenvalue weighted by molar-refractivity contribution is 0.0997. The number of nitrogen functional groups attached to an aromatic ring is 1. The van der Waals surface area contributed by atoms with Crippen LogP contribution >= 0.6 is 23.5 Å². The number of nitrogens with one attached hydrogen (secondary N) is 2. The number of primary amides is 1. The van der Waals surface area contributed by atoms with Gasteiger partial charge in [0.2, 0.25) is 5.82 Å². The van der Waals surface area contributed by atoms with E-state index in [-0.39, 0.29) is 16.3 Å². The summed E-state index contributed by atoms with van der Waals surface area (Å²) < 4.78 is 24.3. The molecule has 2 aromatic carbocycles. The van der Waals surface area contributed by atoms with Crippen molar-refractivity contribution in [1.29, 1.82) is 0 Å². The second-order valence-electron chi connectivity index (χ2n) is 8.40. The number of hydrogen-bond donors (Lipinski definition) is 5. The maximum Gasteiger partial charge on any atom is 0.256 e. The van der Waals surface area contributed by atoms with Crippen molar-refractivity contribution in [2.24, 2.45) is 5.73 Å². The van der Waals surface area contributed by atoms with Crippen molar-refractivity contribution in [3.05, 3.63) is 76.8 Å². The third kappa shape index (κ3) is 5.84. The van der Waals surface area contributed by atoms with E-state index in [1.165, 1.54) is 29.0 Å². The number of amides is 1. The summed E-state index contributed by atoms with van der Waals surface area (Å²) in [6.07, 6.45) is 2.87. The van der Waals surface area contributed by atoms with Crippen LogP contribution in [0.5, 0.6) is 5.75 Å².